The van der Waals surface area contributed by atoms with E-state index in [4.69, 9.17) is 9.47 Å². The third-order valence-electron chi connectivity index (χ3n) is 13.2. The first-order chi connectivity index (χ1) is 23.9. The standard InChI is InChI=1S/C21H29NO4S.C20H27NO2/c1-26-20(23)19-5-3-15(4-6-19)13-22(27(2,24)25)14-21-10-16-7-17(11-21)9-18(8-16)12-21;1-23-19(22)18-4-2-14(3-5-18)12-21-13-20-9-15-6-16(10-20)8-17(7-15)11-20/h3-6,16-18H,7-14H2,1-2H3;2-5,15-17,21H,6-13H2,1H3. The number of esters is 2. The highest BCUT2D eigenvalue weighted by Gasteiger charge is 2.52. The van der Waals surface area contributed by atoms with Crippen molar-refractivity contribution in [3.63, 3.8) is 0 Å². The van der Waals surface area contributed by atoms with Crippen LogP contribution in [0.15, 0.2) is 48.5 Å². The zero-order valence-electron chi connectivity index (χ0n) is 30.2. The quantitative estimate of drug-likeness (QED) is 0.246. The Balaban J connectivity index is 0.000000159. The van der Waals surface area contributed by atoms with E-state index in [1.807, 2.05) is 36.4 Å². The first-order valence-electron chi connectivity index (χ1n) is 18.9. The molecule has 2 aromatic carbocycles. The number of hydrogen-bond donors (Lipinski definition) is 1. The molecule has 8 nitrogen and oxygen atoms in total. The molecule has 9 heteroatoms. The Kier molecular flexibility index (Phi) is 10.2. The Labute approximate surface area is 299 Å². The largest absolute Gasteiger partial charge is 0.465 e. The molecule has 272 valence electrons. The molecule has 0 radical (unpaired) electrons. The van der Waals surface area contributed by atoms with Crippen molar-refractivity contribution < 1.29 is 27.5 Å². The molecule has 10 rings (SSSR count). The van der Waals surface area contributed by atoms with Crippen LogP contribution in [0.25, 0.3) is 0 Å². The van der Waals surface area contributed by atoms with E-state index < -0.39 is 10.0 Å². The molecule has 0 aromatic heterocycles. The summed E-state index contributed by atoms with van der Waals surface area (Å²) in [4.78, 5) is 23.1. The second kappa shape index (κ2) is 14.3. The number of carbonyl (C=O) groups is 2. The molecule has 0 amide bonds. The van der Waals surface area contributed by atoms with E-state index >= 15 is 0 Å². The number of carbonyl (C=O) groups excluding carboxylic acids is 2. The van der Waals surface area contributed by atoms with Gasteiger partial charge in [0.25, 0.3) is 0 Å². The molecule has 1 N–H and O–H groups in total. The molecule has 0 atom stereocenters. The van der Waals surface area contributed by atoms with Crippen molar-refractivity contribution in [2.24, 2.45) is 46.3 Å². The second-order valence-corrected chi connectivity index (χ2v) is 19.3. The van der Waals surface area contributed by atoms with Gasteiger partial charge >= 0.3 is 11.9 Å². The molecule has 8 bridgehead atoms. The Morgan fingerprint density at radius 3 is 1.42 bits per heavy atom. The van der Waals surface area contributed by atoms with Crippen molar-refractivity contribution in [3.8, 4) is 0 Å². The van der Waals surface area contributed by atoms with Crippen LogP contribution in [0.2, 0.25) is 0 Å². The van der Waals surface area contributed by atoms with Gasteiger partial charge in [-0.1, -0.05) is 24.3 Å². The van der Waals surface area contributed by atoms with Crippen LogP contribution in [0.4, 0.5) is 0 Å². The monoisotopic (exact) mass is 704 g/mol. The van der Waals surface area contributed by atoms with Gasteiger partial charge in [-0.3, -0.25) is 0 Å². The third-order valence-corrected chi connectivity index (χ3v) is 14.4. The summed E-state index contributed by atoms with van der Waals surface area (Å²) in [7, 11) is -0.522. The molecule has 8 aliphatic rings. The highest BCUT2D eigenvalue weighted by molar-refractivity contribution is 7.88. The average Bonchev–Trinajstić information content (AvgIpc) is 3.06. The molecule has 8 fully saturated rings. The van der Waals surface area contributed by atoms with E-state index in [-0.39, 0.29) is 17.4 Å². The lowest BCUT2D eigenvalue weighted by Crippen LogP contribution is -2.51. The summed E-state index contributed by atoms with van der Waals surface area (Å²) in [6.45, 7) is 3.05. The molecular formula is C41H56N2O6S. The van der Waals surface area contributed by atoms with E-state index in [1.54, 1.807) is 16.4 Å². The van der Waals surface area contributed by atoms with E-state index in [0.717, 1.165) is 54.2 Å². The summed E-state index contributed by atoms with van der Waals surface area (Å²) in [5, 5.41) is 3.71. The van der Waals surface area contributed by atoms with Crippen LogP contribution in [0, 0.1) is 46.3 Å². The molecule has 0 spiro atoms. The zero-order chi connectivity index (χ0) is 35.1. The summed E-state index contributed by atoms with van der Waals surface area (Å²) >= 11 is 0. The van der Waals surface area contributed by atoms with Crippen molar-refractivity contribution >= 4 is 22.0 Å². The van der Waals surface area contributed by atoms with E-state index in [9.17, 15) is 18.0 Å². The van der Waals surface area contributed by atoms with Gasteiger partial charge in [0.2, 0.25) is 10.0 Å². The summed E-state index contributed by atoms with van der Waals surface area (Å²) in [5.74, 6) is 4.81. The van der Waals surface area contributed by atoms with Gasteiger partial charge in [-0.25, -0.2) is 18.0 Å². The van der Waals surface area contributed by atoms with Gasteiger partial charge in [0.15, 0.2) is 0 Å². The lowest BCUT2D eigenvalue weighted by Gasteiger charge is -2.57. The van der Waals surface area contributed by atoms with Gasteiger partial charge in [0.05, 0.1) is 31.6 Å². The first-order valence-corrected chi connectivity index (χ1v) is 20.8. The minimum atomic E-state index is -3.30. The summed E-state index contributed by atoms with van der Waals surface area (Å²) in [6.07, 6.45) is 17.8. The molecule has 0 heterocycles. The van der Waals surface area contributed by atoms with Gasteiger partial charge in [0, 0.05) is 26.2 Å². The number of nitrogens with zero attached hydrogens (tertiary/aromatic N) is 1. The van der Waals surface area contributed by atoms with Crippen molar-refractivity contribution in [2.45, 2.75) is 90.1 Å². The number of hydrogen-bond acceptors (Lipinski definition) is 7. The fourth-order valence-corrected chi connectivity index (χ4v) is 13.0. The van der Waals surface area contributed by atoms with E-state index in [0.29, 0.717) is 29.6 Å². The van der Waals surface area contributed by atoms with Gasteiger partial charge in [-0.15, -0.1) is 0 Å². The second-order valence-electron chi connectivity index (χ2n) is 17.3. The van der Waals surface area contributed by atoms with Crippen LogP contribution in [0.5, 0.6) is 0 Å². The molecule has 8 aliphatic carbocycles. The van der Waals surface area contributed by atoms with Crippen molar-refractivity contribution in [1.82, 2.24) is 9.62 Å². The Hall–Kier alpha value is -2.75. The smallest absolute Gasteiger partial charge is 0.337 e. The minimum absolute atomic E-state index is 0.170. The first kappa shape index (κ1) is 35.6. The number of benzene rings is 2. The van der Waals surface area contributed by atoms with E-state index in [1.165, 1.54) is 103 Å². The molecule has 0 saturated heterocycles. The Morgan fingerprint density at radius 1 is 0.660 bits per heavy atom. The van der Waals surface area contributed by atoms with Crippen LogP contribution in [-0.4, -0.2) is 58.2 Å². The van der Waals surface area contributed by atoms with Crippen molar-refractivity contribution in [2.75, 3.05) is 33.6 Å². The van der Waals surface area contributed by atoms with Gasteiger partial charge in [-0.2, -0.15) is 4.31 Å². The lowest BCUT2D eigenvalue weighted by atomic mass is 9.49. The lowest BCUT2D eigenvalue weighted by molar-refractivity contribution is -0.0607. The summed E-state index contributed by atoms with van der Waals surface area (Å²) in [5.41, 5.74) is 4.00. The van der Waals surface area contributed by atoms with Gasteiger partial charge in [0.1, 0.15) is 0 Å². The molecule has 8 saturated carbocycles. The summed E-state index contributed by atoms with van der Waals surface area (Å²) in [6, 6.07) is 14.8. The molecular weight excluding hydrogens is 649 g/mol. The van der Waals surface area contributed by atoms with Crippen LogP contribution >= 0.6 is 0 Å². The molecule has 50 heavy (non-hydrogen) atoms. The maximum absolute atomic E-state index is 12.5. The van der Waals surface area contributed by atoms with Crippen molar-refractivity contribution in [1.29, 1.82) is 0 Å². The minimum Gasteiger partial charge on any atom is -0.465 e. The van der Waals surface area contributed by atoms with Crippen LogP contribution in [-0.2, 0) is 32.6 Å². The highest BCUT2D eigenvalue weighted by Crippen LogP contribution is 2.61. The predicted octanol–water partition coefficient (Wildman–Crippen LogP) is 7.23. The number of methoxy groups -OCH3 is 2. The van der Waals surface area contributed by atoms with E-state index in [2.05, 4.69) is 5.32 Å². The fraction of sp³-hybridized carbons (Fsp3) is 0.659. The highest BCUT2D eigenvalue weighted by atomic mass is 32.2. The van der Waals surface area contributed by atoms with Crippen molar-refractivity contribution in [3.05, 3.63) is 70.8 Å². The number of ether oxygens (including phenoxy) is 2. The topological polar surface area (TPSA) is 102 Å². The van der Waals surface area contributed by atoms with Gasteiger partial charge in [-0.05, 0) is 159 Å². The predicted molar refractivity (Wildman–Crippen MR) is 194 cm³/mol. The maximum atomic E-state index is 12.5. The number of nitrogens with one attached hydrogen (secondary N) is 1. The van der Waals surface area contributed by atoms with Crippen LogP contribution < -0.4 is 5.32 Å². The van der Waals surface area contributed by atoms with Crippen LogP contribution in [0.1, 0.15) is 109 Å². The Bertz CT molecular complexity index is 1570. The van der Waals surface area contributed by atoms with Crippen LogP contribution in [0.3, 0.4) is 0 Å². The number of rotatable bonds is 11. The molecule has 0 aliphatic heterocycles. The Morgan fingerprint density at radius 2 is 1.04 bits per heavy atom. The number of sulfonamides is 1. The summed E-state index contributed by atoms with van der Waals surface area (Å²) < 4.78 is 36.2. The van der Waals surface area contributed by atoms with Gasteiger partial charge < -0.3 is 14.8 Å². The molecule has 0 unspecified atom stereocenters. The average molecular weight is 705 g/mol. The zero-order valence-corrected chi connectivity index (χ0v) is 31.0. The normalized spacial score (nSPS) is 33.2. The fourth-order valence-electron chi connectivity index (χ4n) is 12.1. The third kappa shape index (κ3) is 8.00. The SMILES string of the molecule is COC(=O)c1ccc(CN(CC23CC4CC(CC(C4)C2)C3)S(C)(=O)=O)cc1.COC(=O)c1ccc(CNCC23CC4CC(CC(C4)C2)C3)cc1. The molecule has 2 aromatic rings. The maximum Gasteiger partial charge on any atom is 0.337 e.